The fraction of sp³-hybridized carbons (Fsp3) is 0.357. The SMILES string of the molecule is CN(C(=O)O)[C@@H](C(=O)N1CCC[C@H]1c1ncc(-c2ccc(-c3ccc(-c4cnc([C@@H]5CCCN5C(=O)[C@@H]5C[C@@H]6C[C@@H]6N5)[nH]4)cc3)cc2)[nH]1)c1ccccc1. The number of carbonyl (C=O) groups is 3. The van der Waals surface area contributed by atoms with Crippen LogP contribution < -0.4 is 5.32 Å². The molecule has 5 heterocycles. The normalized spacial score (nSPS) is 23.7. The van der Waals surface area contributed by atoms with Crippen molar-refractivity contribution >= 4 is 17.9 Å². The van der Waals surface area contributed by atoms with Crippen molar-refractivity contribution in [3.05, 3.63) is 108 Å². The molecule has 4 N–H and O–H groups in total. The van der Waals surface area contributed by atoms with E-state index in [0.717, 1.165) is 83.0 Å². The second kappa shape index (κ2) is 13.9. The van der Waals surface area contributed by atoms with Gasteiger partial charge >= 0.3 is 6.09 Å². The number of aromatic amines is 2. The van der Waals surface area contributed by atoms with Gasteiger partial charge in [-0.3, -0.25) is 14.5 Å². The van der Waals surface area contributed by atoms with E-state index < -0.39 is 12.1 Å². The number of carboxylic acid groups (broad SMARTS) is 1. The monoisotopic (exact) mass is 724 g/mol. The van der Waals surface area contributed by atoms with Crippen LogP contribution in [0.4, 0.5) is 4.79 Å². The number of likely N-dealkylation sites (N-methyl/N-ethyl adjacent to an activating group) is 1. The largest absolute Gasteiger partial charge is 0.465 e. The van der Waals surface area contributed by atoms with Crippen LogP contribution in [0.1, 0.15) is 73.9 Å². The summed E-state index contributed by atoms with van der Waals surface area (Å²) in [4.78, 5) is 60.5. The van der Waals surface area contributed by atoms with Crippen molar-refractivity contribution in [2.45, 2.75) is 68.7 Å². The Morgan fingerprint density at radius 1 is 0.741 bits per heavy atom. The van der Waals surface area contributed by atoms with E-state index in [4.69, 9.17) is 9.97 Å². The molecule has 1 aliphatic carbocycles. The van der Waals surface area contributed by atoms with Gasteiger partial charge < -0.3 is 30.2 Å². The molecule has 3 saturated heterocycles. The lowest BCUT2D eigenvalue weighted by molar-refractivity contribution is -0.137. The zero-order valence-corrected chi connectivity index (χ0v) is 30.2. The molecule has 3 amide bonds. The molecule has 3 aromatic carbocycles. The highest BCUT2D eigenvalue weighted by Gasteiger charge is 2.50. The second-order valence-electron chi connectivity index (χ2n) is 15.2. The second-order valence-corrected chi connectivity index (χ2v) is 15.2. The molecule has 4 fully saturated rings. The number of imidazole rings is 2. The van der Waals surface area contributed by atoms with Crippen molar-refractivity contribution in [2.75, 3.05) is 20.1 Å². The lowest BCUT2D eigenvalue weighted by Crippen LogP contribution is -2.44. The van der Waals surface area contributed by atoms with Crippen molar-refractivity contribution in [1.29, 1.82) is 0 Å². The van der Waals surface area contributed by atoms with E-state index in [0.29, 0.717) is 29.9 Å². The Balaban J connectivity index is 0.861. The van der Waals surface area contributed by atoms with Crippen molar-refractivity contribution in [3.63, 3.8) is 0 Å². The van der Waals surface area contributed by atoms with E-state index in [1.54, 1.807) is 23.2 Å². The number of hydrogen-bond acceptors (Lipinski definition) is 6. The van der Waals surface area contributed by atoms with E-state index in [2.05, 4.69) is 63.8 Å². The zero-order chi connectivity index (χ0) is 36.9. The molecule has 0 bridgehead atoms. The van der Waals surface area contributed by atoms with Gasteiger partial charge in [-0.15, -0.1) is 0 Å². The minimum absolute atomic E-state index is 0.00821. The summed E-state index contributed by atoms with van der Waals surface area (Å²) in [5.41, 5.74) is 6.60. The van der Waals surface area contributed by atoms with Gasteiger partial charge in [0.15, 0.2) is 0 Å². The average Bonchev–Trinajstić information content (AvgIpc) is 3.92. The third-order valence-corrected chi connectivity index (χ3v) is 11.8. The lowest BCUT2D eigenvalue weighted by Gasteiger charge is -2.32. The Hall–Kier alpha value is -5.75. The van der Waals surface area contributed by atoms with E-state index in [9.17, 15) is 19.5 Å². The van der Waals surface area contributed by atoms with Gasteiger partial charge in [-0.25, -0.2) is 14.8 Å². The van der Waals surface area contributed by atoms with Gasteiger partial charge in [0.1, 0.15) is 17.7 Å². The number of aromatic nitrogens is 4. The van der Waals surface area contributed by atoms with Gasteiger partial charge in [0, 0.05) is 26.2 Å². The number of hydrogen-bond donors (Lipinski definition) is 4. The fourth-order valence-corrected chi connectivity index (χ4v) is 8.77. The molecular formula is C42H44N8O4. The first-order valence-corrected chi connectivity index (χ1v) is 19.0. The van der Waals surface area contributed by atoms with Crippen LogP contribution in [0, 0.1) is 5.92 Å². The highest BCUT2D eigenvalue weighted by Crippen LogP contribution is 2.42. The number of rotatable bonds is 9. The molecule has 6 atom stereocenters. The third-order valence-electron chi connectivity index (χ3n) is 11.8. The lowest BCUT2D eigenvalue weighted by atomic mass is 10.0. The van der Waals surface area contributed by atoms with Crippen LogP contribution in [0.15, 0.2) is 91.3 Å². The molecule has 5 aromatic rings. The summed E-state index contributed by atoms with van der Waals surface area (Å²) in [5, 5.41) is 13.3. The number of nitrogens with zero attached hydrogens (tertiary/aromatic N) is 5. The Kier molecular flexibility index (Phi) is 8.77. The quantitative estimate of drug-likeness (QED) is 0.134. The smallest absolute Gasteiger partial charge is 0.407 e. The summed E-state index contributed by atoms with van der Waals surface area (Å²) < 4.78 is 0. The molecule has 1 saturated carbocycles. The minimum atomic E-state index is -1.16. The summed E-state index contributed by atoms with van der Waals surface area (Å²) in [7, 11) is 1.44. The Morgan fingerprint density at radius 2 is 1.28 bits per heavy atom. The zero-order valence-electron chi connectivity index (χ0n) is 30.2. The maximum absolute atomic E-state index is 13.9. The number of nitrogens with one attached hydrogen (secondary N) is 3. The first-order valence-electron chi connectivity index (χ1n) is 19.0. The summed E-state index contributed by atoms with van der Waals surface area (Å²) in [6.07, 6.45) is 8.15. The van der Waals surface area contributed by atoms with E-state index >= 15 is 0 Å². The van der Waals surface area contributed by atoms with E-state index in [1.807, 2.05) is 29.3 Å². The van der Waals surface area contributed by atoms with Crippen LogP contribution in [0.2, 0.25) is 0 Å². The third kappa shape index (κ3) is 6.34. The highest BCUT2D eigenvalue weighted by atomic mass is 16.4. The molecule has 0 radical (unpaired) electrons. The topological polar surface area (TPSA) is 151 Å². The summed E-state index contributed by atoms with van der Waals surface area (Å²) >= 11 is 0. The summed E-state index contributed by atoms with van der Waals surface area (Å²) in [6, 6.07) is 25.0. The maximum Gasteiger partial charge on any atom is 0.407 e. The van der Waals surface area contributed by atoms with E-state index in [-0.39, 0.29) is 29.9 Å². The van der Waals surface area contributed by atoms with E-state index in [1.165, 1.54) is 13.5 Å². The molecule has 4 aliphatic rings. The highest BCUT2D eigenvalue weighted by molar-refractivity contribution is 5.87. The van der Waals surface area contributed by atoms with Crippen molar-refractivity contribution in [2.24, 2.45) is 5.92 Å². The summed E-state index contributed by atoms with van der Waals surface area (Å²) in [6.45, 7) is 1.32. The van der Waals surface area contributed by atoms with Crippen molar-refractivity contribution in [1.82, 2.24) is 40.0 Å². The number of piperidine rings is 1. The van der Waals surface area contributed by atoms with Gasteiger partial charge in [-0.2, -0.15) is 0 Å². The van der Waals surface area contributed by atoms with Crippen LogP contribution in [0.5, 0.6) is 0 Å². The number of likely N-dealkylation sites (tertiary alicyclic amines) is 2. The first kappa shape index (κ1) is 34.0. The maximum atomic E-state index is 13.9. The predicted octanol–water partition coefficient (Wildman–Crippen LogP) is 6.56. The van der Waals surface area contributed by atoms with Gasteiger partial charge in [0.2, 0.25) is 5.91 Å². The average molecular weight is 725 g/mol. The van der Waals surface area contributed by atoms with Gasteiger partial charge in [0.05, 0.1) is 41.9 Å². The van der Waals surface area contributed by atoms with Crippen LogP contribution >= 0.6 is 0 Å². The van der Waals surface area contributed by atoms with Gasteiger partial charge in [-0.05, 0) is 72.3 Å². The van der Waals surface area contributed by atoms with Gasteiger partial charge in [0.25, 0.3) is 5.91 Å². The molecule has 0 spiro atoms. The number of benzene rings is 3. The molecule has 54 heavy (non-hydrogen) atoms. The number of H-pyrrole nitrogens is 2. The Labute approximate surface area is 313 Å². The molecule has 2 aromatic heterocycles. The van der Waals surface area contributed by atoms with Crippen molar-refractivity contribution in [3.8, 4) is 33.6 Å². The van der Waals surface area contributed by atoms with Crippen molar-refractivity contribution < 1.29 is 19.5 Å². The predicted molar refractivity (Wildman–Crippen MR) is 203 cm³/mol. The fourth-order valence-electron chi connectivity index (χ4n) is 8.77. The Bertz CT molecular complexity index is 2150. The van der Waals surface area contributed by atoms with Crippen LogP contribution in [0.3, 0.4) is 0 Å². The first-order chi connectivity index (χ1) is 26.3. The molecular weight excluding hydrogens is 681 g/mol. The Morgan fingerprint density at radius 3 is 1.81 bits per heavy atom. The molecule has 276 valence electrons. The van der Waals surface area contributed by atoms with Crippen LogP contribution in [-0.4, -0.2) is 89.9 Å². The molecule has 12 heteroatoms. The number of carbonyl (C=O) groups excluding carboxylic acids is 2. The van der Waals surface area contributed by atoms with Crippen LogP contribution in [-0.2, 0) is 9.59 Å². The number of fused-ring (bicyclic) bond motifs is 1. The summed E-state index contributed by atoms with van der Waals surface area (Å²) in [5.74, 6) is 2.20. The molecule has 9 rings (SSSR count). The molecule has 12 nitrogen and oxygen atoms in total. The minimum Gasteiger partial charge on any atom is -0.465 e. The van der Waals surface area contributed by atoms with Crippen LogP contribution in [0.25, 0.3) is 33.6 Å². The molecule has 3 aliphatic heterocycles. The molecule has 0 unspecified atom stereocenters. The number of amides is 3. The van der Waals surface area contributed by atoms with Gasteiger partial charge in [-0.1, -0.05) is 78.9 Å². The standard InChI is InChI=1S/C42H44N8O4/c1-48(42(53)54)37(29-7-3-2-4-8-29)41(52)50-20-6-10-36(50)39-44-24-34(47-39)28-17-13-26(14-18-28)25-11-15-27(16-12-25)33-23-43-38(46-33)35-9-5-19-49(35)40(51)32-22-30-21-31(30)45-32/h2-4,7-8,11-18,23-24,30-32,35-37,45H,5-6,9-10,19-22H2,1H3,(H,43,46)(H,44,47)(H,53,54)/t30-,31-,32-,35-,36-,37+/m0/s1.